The van der Waals surface area contributed by atoms with E-state index in [2.05, 4.69) is 10.4 Å². The van der Waals surface area contributed by atoms with Crippen molar-refractivity contribution in [2.45, 2.75) is 47.1 Å². The van der Waals surface area contributed by atoms with E-state index in [1.807, 2.05) is 32.9 Å². The van der Waals surface area contributed by atoms with Crippen molar-refractivity contribution < 1.29 is 23.2 Å². The second kappa shape index (κ2) is 9.35. The SMILES string of the molecule is Cc1cc(C)c(C)c(Oc2cc(NC(=O)C(C)n3nc(C(F)F)cc3C)cc([N+](=O)[O-])c2)c1. The predicted molar refractivity (Wildman–Crippen MR) is 119 cm³/mol. The van der Waals surface area contributed by atoms with Crippen molar-refractivity contribution in [1.82, 2.24) is 9.78 Å². The number of non-ortho nitro benzene ring substituents is 1. The average molecular weight is 458 g/mol. The second-order valence-corrected chi connectivity index (χ2v) is 7.90. The van der Waals surface area contributed by atoms with E-state index in [4.69, 9.17) is 4.74 Å². The van der Waals surface area contributed by atoms with Gasteiger partial charge in [-0.2, -0.15) is 5.10 Å². The van der Waals surface area contributed by atoms with E-state index >= 15 is 0 Å². The van der Waals surface area contributed by atoms with Gasteiger partial charge in [0.2, 0.25) is 5.91 Å². The maximum absolute atomic E-state index is 12.9. The van der Waals surface area contributed by atoms with Gasteiger partial charge < -0.3 is 10.1 Å². The molecule has 0 aliphatic carbocycles. The van der Waals surface area contributed by atoms with Crippen molar-refractivity contribution in [3.63, 3.8) is 0 Å². The maximum atomic E-state index is 12.9. The Morgan fingerprint density at radius 1 is 1.12 bits per heavy atom. The van der Waals surface area contributed by atoms with Crippen LogP contribution >= 0.6 is 0 Å². The number of halogens is 2. The van der Waals surface area contributed by atoms with Gasteiger partial charge in [-0.05, 0) is 63.4 Å². The predicted octanol–water partition coefficient (Wildman–Crippen LogP) is 5.95. The molecular formula is C23H24F2N4O4. The summed E-state index contributed by atoms with van der Waals surface area (Å²) in [5.41, 5.74) is 2.69. The van der Waals surface area contributed by atoms with Gasteiger partial charge >= 0.3 is 0 Å². The van der Waals surface area contributed by atoms with Crippen LogP contribution in [-0.2, 0) is 4.79 Å². The van der Waals surface area contributed by atoms with Gasteiger partial charge in [-0.1, -0.05) is 6.07 Å². The summed E-state index contributed by atoms with van der Waals surface area (Å²) in [6, 6.07) is 8.04. The number of carbonyl (C=O) groups excluding carboxylic acids is 1. The van der Waals surface area contributed by atoms with Crippen LogP contribution in [0.1, 0.15) is 47.5 Å². The molecule has 0 saturated heterocycles. The van der Waals surface area contributed by atoms with Crippen molar-refractivity contribution >= 4 is 17.3 Å². The largest absolute Gasteiger partial charge is 0.457 e. The van der Waals surface area contributed by atoms with Gasteiger partial charge in [-0.25, -0.2) is 8.78 Å². The molecule has 3 aromatic rings. The second-order valence-electron chi connectivity index (χ2n) is 7.90. The molecule has 0 bridgehead atoms. The molecule has 1 atom stereocenters. The summed E-state index contributed by atoms with van der Waals surface area (Å²) < 4.78 is 33.0. The number of nitrogens with zero attached hydrogens (tertiary/aromatic N) is 3. The van der Waals surface area contributed by atoms with Crippen LogP contribution < -0.4 is 10.1 Å². The highest BCUT2D eigenvalue weighted by molar-refractivity contribution is 5.94. The number of alkyl halides is 2. The van der Waals surface area contributed by atoms with Crippen LogP contribution in [0, 0.1) is 37.8 Å². The first kappa shape index (κ1) is 23.8. The molecule has 1 amide bonds. The molecule has 0 radical (unpaired) electrons. The van der Waals surface area contributed by atoms with Crippen LogP contribution in [0.5, 0.6) is 11.5 Å². The number of nitrogens with one attached hydrogen (secondary N) is 1. The summed E-state index contributed by atoms with van der Waals surface area (Å²) in [7, 11) is 0. The molecule has 0 aliphatic heterocycles. The Kier molecular flexibility index (Phi) is 6.75. The van der Waals surface area contributed by atoms with Gasteiger partial charge in [0, 0.05) is 17.8 Å². The van der Waals surface area contributed by atoms with Gasteiger partial charge in [0.1, 0.15) is 23.2 Å². The molecule has 0 aliphatic rings. The molecule has 1 N–H and O–H groups in total. The minimum Gasteiger partial charge on any atom is -0.457 e. The zero-order valence-electron chi connectivity index (χ0n) is 18.8. The van der Waals surface area contributed by atoms with Gasteiger partial charge in [-0.3, -0.25) is 19.6 Å². The molecule has 33 heavy (non-hydrogen) atoms. The number of nitro benzene ring substituents is 1. The molecule has 1 aromatic heterocycles. The number of aromatic nitrogens is 2. The molecule has 8 nitrogen and oxygen atoms in total. The first-order valence-electron chi connectivity index (χ1n) is 10.2. The van der Waals surface area contributed by atoms with Crippen molar-refractivity contribution in [2.75, 3.05) is 5.32 Å². The molecule has 1 heterocycles. The number of aryl methyl sites for hydroxylation is 3. The minimum absolute atomic E-state index is 0.136. The maximum Gasteiger partial charge on any atom is 0.282 e. The lowest BCUT2D eigenvalue weighted by atomic mass is 10.1. The normalized spacial score (nSPS) is 12.0. The van der Waals surface area contributed by atoms with E-state index in [9.17, 15) is 23.7 Å². The van der Waals surface area contributed by atoms with Crippen LogP contribution in [0.4, 0.5) is 20.2 Å². The van der Waals surface area contributed by atoms with Gasteiger partial charge in [0.25, 0.3) is 12.1 Å². The Morgan fingerprint density at radius 2 is 1.82 bits per heavy atom. The third kappa shape index (κ3) is 5.33. The number of carbonyl (C=O) groups is 1. The highest BCUT2D eigenvalue weighted by Crippen LogP contribution is 2.33. The standard InChI is InChI=1S/C23H24F2N4O4/c1-12-6-13(2)15(4)21(7-12)33-19-10-17(9-18(11-19)29(31)32)26-23(30)16(5)28-14(3)8-20(27-28)22(24)25/h6-11,16,22H,1-5H3,(H,26,30). The van der Waals surface area contributed by atoms with Gasteiger partial charge in [0.05, 0.1) is 16.7 Å². The van der Waals surface area contributed by atoms with Crippen LogP contribution in [-0.4, -0.2) is 20.6 Å². The van der Waals surface area contributed by atoms with Crippen LogP contribution in [0.15, 0.2) is 36.4 Å². The molecule has 0 fully saturated rings. The summed E-state index contributed by atoms with van der Waals surface area (Å²) in [6.07, 6.45) is -2.76. The number of ether oxygens (including phenoxy) is 1. The fraction of sp³-hybridized carbons (Fsp3) is 0.304. The number of hydrogen-bond acceptors (Lipinski definition) is 5. The van der Waals surface area contributed by atoms with E-state index in [0.29, 0.717) is 11.4 Å². The molecule has 1 unspecified atom stereocenters. The van der Waals surface area contributed by atoms with Crippen LogP contribution in [0.3, 0.4) is 0 Å². The van der Waals surface area contributed by atoms with E-state index in [0.717, 1.165) is 16.7 Å². The number of rotatable bonds is 7. The molecule has 0 saturated carbocycles. The number of hydrogen-bond donors (Lipinski definition) is 1. The summed E-state index contributed by atoms with van der Waals surface area (Å²) in [5, 5.41) is 17.8. The fourth-order valence-corrected chi connectivity index (χ4v) is 3.42. The third-order valence-corrected chi connectivity index (χ3v) is 5.27. The summed E-state index contributed by atoms with van der Waals surface area (Å²) >= 11 is 0. The topological polar surface area (TPSA) is 99.3 Å². The lowest BCUT2D eigenvalue weighted by molar-refractivity contribution is -0.384. The Balaban J connectivity index is 1.89. The Labute approximate surface area is 189 Å². The van der Waals surface area contributed by atoms with E-state index in [1.54, 1.807) is 6.92 Å². The Morgan fingerprint density at radius 3 is 2.42 bits per heavy atom. The number of amides is 1. The average Bonchev–Trinajstić information content (AvgIpc) is 3.12. The van der Waals surface area contributed by atoms with Crippen molar-refractivity contribution in [2.24, 2.45) is 0 Å². The lowest BCUT2D eigenvalue weighted by Gasteiger charge is -2.16. The van der Waals surface area contributed by atoms with Crippen LogP contribution in [0.2, 0.25) is 0 Å². The van der Waals surface area contributed by atoms with E-state index in [-0.39, 0.29) is 17.1 Å². The summed E-state index contributed by atoms with van der Waals surface area (Å²) in [6.45, 7) is 8.79. The number of benzene rings is 2. The smallest absolute Gasteiger partial charge is 0.282 e. The molecule has 0 spiro atoms. The van der Waals surface area contributed by atoms with E-state index in [1.165, 1.54) is 35.9 Å². The van der Waals surface area contributed by atoms with Crippen molar-refractivity contribution in [3.8, 4) is 11.5 Å². The lowest BCUT2D eigenvalue weighted by Crippen LogP contribution is -2.25. The molecule has 2 aromatic carbocycles. The summed E-state index contributed by atoms with van der Waals surface area (Å²) in [4.78, 5) is 23.6. The zero-order valence-corrected chi connectivity index (χ0v) is 18.8. The monoisotopic (exact) mass is 458 g/mol. The Hall–Kier alpha value is -3.82. The fourth-order valence-electron chi connectivity index (χ4n) is 3.42. The van der Waals surface area contributed by atoms with Crippen molar-refractivity contribution in [3.05, 3.63) is 74.6 Å². The van der Waals surface area contributed by atoms with Crippen LogP contribution in [0.25, 0.3) is 0 Å². The van der Waals surface area contributed by atoms with Gasteiger partial charge in [0.15, 0.2) is 0 Å². The van der Waals surface area contributed by atoms with E-state index < -0.39 is 29.0 Å². The summed E-state index contributed by atoms with van der Waals surface area (Å²) in [5.74, 6) is 0.150. The quantitative estimate of drug-likeness (QED) is 0.348. The van der Waals surface area contributed by atoms with Gasteiger partial charge in [-0.15, -0.1) is 0 Å². The Bertz CT molecular complexity index is 1220. The number of nitro groups is 1. The highest BCUT2D eigenvalue weighted by Gasteiger charge is 2.22. The molecular weight excluding hydrogens is 434 g/mol. The third-order valence-electron chi connectivity index (χ3n) is 5.27. The minimum atomic E-state index is -2.76. The number of anilines is 1. The first-order chi connectivity index (χ1) is 15.5. The molecule has 174 valence electrons. The first-order valence-corrected chi connectivity index (χ1v) is 10.2. The molecule has 3 rings (SSSR count). The highest BCUT2D eigenvalue weighted by atomic mass is 19.3. The zero-order chi connectivity index (χ0) is 24.4. The van der Waals surface area contributed by atoms with Crippen molar-refractivity contribution in [1.29, 1.82) is 0 Å². The molecule has 10 heteroatoms.